The van der Waals surface area contributed by atoms with Gasteiger partial charge in [-0.25, -0.2) is 14.8 Å². The second-order valence-electron chi connectivity index (χ2n) is 6.48. The first-order chi connectivity index (χ1) is 12.6. The quantitative estimate of drug-likeness (QED) is 0.739. The molecule has 26 heavy (non-hydrogen) atoms. The number of H-pyrrole nitrogens is 1. The predicted molar refractivity (Wildman–Crippen MR) is 96.3 cm³/mol. The number of hydrogen-bond acceptors (Lipinski definition) is 4. The Hall–Kier alpha value is -3.40. The molecule has 3 heterocycles. The Morgan fingerprint density at radius 1 is 1.42 bits per heavy atom. The molecule has 2 N–H and O–H groups in total. The van der Waals surface area contributed by atoms with E-state index in [1.807, 2.05) is 19.1 Å². The Morgan fingerprint density at radius 2 is 2.27 bits per heavy atom. The largest absolute Gasteiger partial charge is 0.465 e. The number of aromatic nitrogens is 3. The van der Waals surface area contributed by atoms with E-state index >= 15 is 0 Å². The van der Waals surface area contributed by atoms with Gasteiger partial charge in [0, 0.05) is 18.7 Å². The maximum absolute atomic E-state index is 11.4. The standard InChI is InChI=1S/C19H17N5O2/c1-11(17-22-15-7-12(9-20)10-21-18(15)23-17)13-4-5-16-14(8-13)3-2-6-24(16)19(25)26/h4-5,7-8,10-11H,2-3,6H2,1H3,(H,25,26)(H,21,22,23)/t11-/m1/s1. The summed E-state index contributed by atoms with van der Waals surface area (Å²) in [6.45, 7) is 2.58. The molecular formula is C19H17N5O2. The Labute approximate surface area is 149 Å². The van der Waals surface area contributed by atoms with E-state index in [0.29, 0.717) is 17.8 Å². The number of fused-ring (bicyclic) bond motifs is 2. The number of aromatic amines is 1. The summed E-state index contributed by atoms with van der Waals surface area (Å²) in [6.07, 6.45) is 2.29. The first kappa shape index (κ1) is 16.1. The van der Waals surface area contributed by atoms with Gasteiger partial charge in [0.05, 0.1) is 16.8 Å². The normalized spacial score (nSPS) is 14.7. The third kappa shape index (κ3) is 2.65. The number of carbonyl (C=O) groups is 1. The summed E-state index contributed by atoms with van der Waals surface area (Å²) in [6, 6.07) is 9.71. The Kier molecular flexibility index (Phi) is 3.81. The molecule has 0 fully saturated rings. The molecule has 1 atom stereocenters. The molecule has 0 unspecified atom stereocenters. The summed E-state index contributed by atoms with van der Waals surface area (Å²) in [5.74, 6) is 0.772. The van der Waals surface area contributed by atoms with Crippen LogP contribution in [-0.2, 0) is 6.42 Å². The maximum Gasteiger partial charge on any atom is 0.411 e. The molecule has 0 radical (unpaired) electrons. The zero-order chi connectivity index (χ0) is 18.3. The van der Waals surface area contributed by atoms with Gasteiger partial charge in [0.25, 0.3) is 0 Å². The van der Waals surface area contributed by atoms with Crippen LogP contribution >= 0.6 is 0 Å². The average molecular weight is 347 g/mol. The lowest BCUT2D eigenvalue weighted by Crippen LogP contribution is -2.34. The number of nitriles is 1. The van der Waals surface area contributed by atoms with Crippen molar-refractivity contribution in [3.05, 3.63) is 53.0 Å². The second-order valence-corrected chi connectivity index (χ2v) is 6.48. The number of carboxylic acid groups (broad SMARTS) is 1. The molecule has 0 aliphatic carbocycles. The second kappa shape index (κ2) is 6.15. The number of aryl methyl sites for hydroxylation is 1. The number of amides is 1. The number of nitrogens with zero attached hydrogens (tertiary/aromatic N) is 4. The van der Waals surface area contributed by atoms with E-state index in [4.69, 9.17) is 5.26 Å². The van der Waals surface area contributed by atoms with Crippen LogP contribution in [-0.4, -0.2) is 32.7 Å². The Bertz CT molecular complexity index is 1050. The monoisotopic (exact) mass is 347 g/mol. The number of hydrogen-bond donors (Lipinski definition) is 2. The van der Waals surface area contributed by atoms with E-state index in [-0.39, 0.29) is 5.92 Å². The number of pyridine rings is 1. The molecule has 1 aliphatic heterocycles. The summed E-state index contributed by atoms with van der Waals surface area (Å²) < 4.78 is 0. The molecule has 130 valence electrons. The molecule has 1 aromatic carbocycles. The fourth-order valence-electron chi connectivity index (χ4n) is 3.43. The number of nitrogens with one attached hydrogen (secondary N) is 1. The van der Waals surface area contributed by atoms with Crippen LogP contribution in [0.1, 0.15) is 41.8 Å². The van der Waals surface area contributed by atoms with Crippen LogP contribution in [0.25, 0.3) is 11.2 Å². The topological polar surface area (TPSA) is 106 Å². The lowest BCUT2D eigenvalue weighted by Gasteiger charge is -2.27. The lowest BCUT2D eigenvalue weighted by molar-refractivity contribution is 0.201. The smallest absolute Gasteiger partial charge is 0.411 e. The van der Waals surface area contributed by atoms with Crippen LogP contribution in [0.2, 0.25) is 0 Å². The minimum Gasteiger partial charge on any atom is -0.465 e. The Balaban J connectivity index is 1.69. The summed E-state index contributed by atoms with van der Waals surface area (Å²) in [5.41, 5.74) is 4.69. The predicted octanol–water partition coefficient (Wildman–Crippen LogP) is 3.41. The van der Waals surface area contributed by atoms with Gasteiger partial charge in [0.15, 0.2) is 5.65 Å². The van der Waals surface area contributed by atoms with Gasteiger partial charge in [-0.2, -0.15) is 5.26 Å². The molecule has 4 rings (SSSR count). The number of anilines is 1. The fourth-order valence-corrected chi connectivity index (χ4v) is 3.43. The highest BCUT2D eigenvalue weighted by molar-refractivity contribution is 5.87. The van der Waals surface area contributed by atoms with Gasteiger partial charge in [-0.1, -0.05) is 19.1 Å². The van der Waals surface area contributed by atoms with E-state index in [1.54, 1.807) is 6.07 Å². The lowest BCUT2D eigenvalue weighted by atomic mass is 9.93. The maximum atomic E-state index is 11.4. The molecular weight excluding hydrogens is 330 g/mol. The minimum atomic E-state index is -0.914. The van der Waals surface area contributed by atoms with E-state index in [1.165, 1.54) is 11.1 Å². The number of rotatable bonds is 2. The van der Waals surface area contributed by atoms with Gasteiger partial charge in [0.2, 0.25) is 0 Å². The van der Waals surface area contributed by atoms with Crippen molar-refractivity contribution in [1.29, 1.82) is 5.26 Å². The van der Waals surface area contributed by atoms with Gasteiger partial charge in [-0.15, -0.1) is 0 Å². The van der Waals surface area contributed by atoms with Gasteiger partial charge in [-0.05, 0) is 36.1 Å². The van der Waals surface area contributed by atoms with Crippen molar-refractivity contribution in [3.63, 3.8) is 0 Å². The van der Waals surface area contributed by atoms with Crippen molar-refractivity contribution < 1.29 is 9.90 Å². The van der Waals surface area contributed by atoms with Crippen molar-refractivity contribution in [1.82, 2.24) is 15.0 Å². The minimum absolute atomic E-state index is 0.000223. The highest BCUT2D eigenvalue weighted by Crippen LogP contribution is 2.32. The van der Waals surface area contributed by atoms with Crippen LogP contribution in [0.15, 0.2) is 30.5 Å². The first-order valence-corrected chi connectivity index (χ1v) is 8.46. The molecule has 0 spiro atoms. The molecule has 2 aromatic heterocycles. The fraction of sp³-hybridized carbons (Fsp3) is 0.263. The van der Waals surface area contributed by atoms with Crippen LogP contribution in [0.5, 0.6) is 0 Å². The van der Waals surface area contributed by atoms with Gasteiger partial charge in [-0.3, -0.25) is 4.90 Å². The molecule has 3 aromatic rings. The van der Waals surface area contributed by atoms with Gasteiger partial charge < -0.3 is 10.1 Å². The van der Waals surface area contributed by atoms with E-state index in [9.17, 15) is 9.90 Å². The molecule has 0 bridgehead atoms. The van der Waals surface area contributed by atoms with Crippen molar-refractivity contribution in [3.8, 4) is 6.07 Å². The summed E-state index contributed by atoms with van der Waals surface area (Å²) in [5, 5.41) is 18.3. The van der Waals surface area contributed by atoms with Crippen molar-refractivity contribution in [2.45, 2.75) is 25.7 Å². The zero-order valence-corrected chi connectivity index (χ0v) is 14.2. The summed E-state index contributed by atoms with van der Waals surface area (Å²) in [4.78, 5) is 24.8. The number of benzene rings is 1. The van der Waals surface area contributed by atoms with E-state index in [2.05, 4.69) is 27.1 Å². The van der Waals surface area contributed by atoms with Crippen LogP contribution < -0.4 is 4.90 Å². The molecule has 0 saturated heterocycles. The zero-order valence-electron chi connectivity index (χ0n) is 14.2. The van der Waals surface area contributed by atoms with Crippen LogP contribution in [0, 0.1) is 11.3 Å². The highest BCUT2D eigenvalue weighted by Gasteiger charge is 2.23. The third-order valence-corrected chi connectivity index (χ3v) is 4.85. The van der Waals surface area contributed by atoms with Crippen LogP contribution in [0.4, 0.5) is 10.5 Å². The molecule has 1 amide bonds. The molecule has 0 saturated carbocycles. The van der Waals surface area contributed by atoms with E-state index in [0.717, 1.165) is 41.0 Å². The van der Waals surface area contributed by atoms with Gasteiger partial charge >= 0.3 is 6.09 Å². The van der Waals surface area contributed by atoms with Gasteiger partial charge in [0.1, 0.15) is 11.9 Å². The van der Waals surface area contributed by atoms with Crippen molar-refractivity contribution >= 4 is 22.9 Å². The summed E-state index contributed by atoms with van der Waals surface area (Å²) in [7, 11) is 0. The number of imidazole rings is 1. The third-order valence-electron chi connectivity index (χ3n) is 4.85. The average Bonchev–Trinajstić information content (AvgIpc) is 3.09. The molecule has 7 nitrogen and oxygen atoms in total. The Morgan fingerprint density at radius 3 is 3.04 bits per heavy atom. The van der Waals surface area contributed by atoms with Crippen molar-refractivity contribution in [2.75, 3.05) is 11.4 Å². The molecule has 1 aliphatic rings. The first-order valence-electron chi connectivity index (χ1n) is 8.46. The highest BCUT2D eigenvalue weighted by atomic mass is 16.4. The SMILES string of the molecule is C[C@H](c1ccc2c(c1)CCCN2C(=O)O)c1nc2ncc(C#N)cc2[nH]1. The van der Waals surface area contributed by atoms with Crippen molar-refractivity contribution in [2.24, 2.45) is 0 Å². The van der Waals surface area contributed by atoms with Crippen LogP contribution in [0.3, 0.4) is 0 Å². The molecule has 7 heteroatoms. The summed E-state index contributed by atoms with van der Waals surface area (Å²) >= 11 is 0. The van der Waals surface area contributed by atoms with E-state index < -0.39 is 6.09 Å².